The summed E-state index contributed by atoms with van der Waals surface area (Å²) in [4.78, 5) is 24.6. The first kappa shape index (κ1) is 21.0. The quantitative estimate of drug-likeness (QED) is 0.751. The molecule has 1 aliphatic carbocycles. The summed E-state index contributed by atoms with van der Waals surface area (Å²) in [7, 11) is 1.59. The Labute approximate surface area is 171 Å². The van der Waals surface area contributed by atoms with E-state index >= 15 is 0 Å². The van der Waals surface area contributed by atoms with Crippen LogP contribution < -0.4 is 10.6 Å². The molecule has 1 fully saturated rings. The van der Waals surface area contributed by atoms with Gasteiger partial charge in [-0.1, -0.05) is 0 Å². The summed E-state index contributed by atoms with van der Waals surface area (Å²) in [5.41, 5.74) is 3.58. The minimum atomic E-state index is -0.0822. The first-order chi connectivity index (χ1) is 14.0. The van der Waals surface area contributed by atoms with Gasteiger partial charge in [-0.3, -0.25) is 9.59 Å². The molecule has 1 aliphatic rings. The highest BCUT2D eigenvalue weighted by Gasteiger charge is 2.24. The second kappa shape index (κ2) is 9.69. The molecule has 0 radical (unpaired) electrons. The van der Waals surface area contributed by atoms with E-state index in [2.05, 4.69) is 15.7 Å². The number of aromatic nitrogens is 2. The normalized spacial score (nSPS) is 19.0. The second-order valence-electron chi connectivity index (χ2n) is 7.73. The van der Waals surface area contributed by atoms with Gasteiger partial charge >= 0.3 is 0 Å². The number of hydrogen-bond acceptors (Lipinski definition) is 4. The fraction of sp³-hybridized carbons (Fsp3) is 0.500. The lowest BCUT2D eigenvalue weighted by molar-refractivity contribution is -0.122. The van der Waals surface area contributed by atoms with Crippen LogP contribution in [0.5, 0.6) is 0 Å². The first-order valence-corrected chi connectivity index (χ1v) is 10.2. The van der Waals surface area contributed by atoms with Crippen molar-refractivity contribution in [2.45, 2.75) is 58.0 Å². The molecule has 2 amide bonds. The lowest BCUT2D eigenvalue weighted by Crippen LogP contribution is -2.45. The van der Waals surface area contributed by atoms with Gasteiger partial charge < -0.3 is 15.4 Å². The van der Waals surface area contributed by atoms with E-state index in [1.54, 1.807) is 7.11 Å². The van der Waals surface area contributed by atoms with E-state index in [9.17, 15) is 9.59 Å². The Kier molecular flexibility index (Phi) is 7.04. The van der Waals surface area contributed by atoms with Gasteiger partial charge in [0.05, 0.1) is 18.0 Å². The Hall–Kier alpha value is -2.67. The Balaban J connectivity index is 1.55. The molecule has 156 valence electrons. The zero-order valence-corrected chi connectivity index (χ0v) is 17.4. The number of methoxy groups -OCH3 is 1. The van der Waals surface area contributed by atoms with Crippen molar-refractivity contribution in [2.75, 3.05) is 13.7 Å². The summed E-state index contributed by atoms with van der Waals surface area (Å²) in [6, 6.07) is 9.67. The molecule has 1 heterocycles. The standard InChI is InChI=1S/C22H30N4O3/c1-15-13-16(2)26(25-15)20-9-7-17(8-10-20)22(28)24-19-6-4-5-18(14-19)23-21(27)11-12-29-3/h7-10,13,18-19H,4-6,11-12,14H2,1-3H3,(H,23,27)(H,24,28)/t18-,19-/m1/s1. The highest BCUT2D eigenvalue weighted by molar-refractivity contribution is 5.94. The van der Waals surface area contributed by atoms with E-state index < -0.39 is 0 Å². The molecule has 2 aromatic rings. The molecule has 2 atom stereocenters. The number of ether oxygens (including phenoxy) is 1. The number of benzene rings is 1. The molecule has 2 N–H and O–H groups in total. The van der Waals surface area contributed by atoms with Crippen LogP contribution in [0.15, 0.2) is 30.3 Å². The number of amides is 2. The molecule has 0 aliphatic heterocycles. The third kappa shape index (κ3) is 5.67. The van der Waals surface area contributed by atoms with Crippen molar-refractivity contribution in [1.82, 2.24) is 20.4 Å². The van der Waals surface area contributed by atoms with Crippen LogP contribution in [0.25, 0.3) is 5.69 Å². The highest BCUT2D eigenvalue weighted by atomic mass is 16.5. The van der Waals surface area contributed by atoms with Gasteiger partial charge in [-0.25, -0.2) is 4.68 Å². The van der Waals surface area contributed by atoms with Crippen molar-refractivity contribution in [2.24, 2.45) is 0 Å². The molecular weight excluding hydrogens is 368 g/mol. The van der Waals surface area contributed by atoms with Gasteiger partial charge in [-0.2, -0.15) is 5.10 Å². The first-order valence-electron chi connectivity index (χ1n) is 10.2. The van der Waals surface area contributed by atoms with Crippen molar-refractivity contribution < 1.29 is 14.3 Å². The predicted molar refractivity (Wildman–Crippen MR) is 111 cm³/mol. The number of aryl methyl sites for hydroxylation is 2. The van der Waals surface area contributed by atoms with Crippen LogP contribution in [0.4, 0.5) is 0 Å². The van der Waals surface area contributed by atoms with Crippen molar-refractivity contribution in [3.05, 3.63) is 47.3 Å². The lowest BCUT2D eigenvalue weighted by Gasteiger charge is -2.30. The molecule has 7 nitrogen and oxygen atoms in total. The average molecular weight is 399 g/mol. The Bertz CT molecular complexity index is 844. The van der Waals surface area contributed by atoms with Crippen LogP contribution in [0.2, 0.25) is 0 Å². The second-order valence-corrected chi connectivity index (χ2v) is 7.73. The van der Waals surface area contributed by atoms with Crippen LogP contribution in [0.3, 0.4) is 0 Å². The van der Waals surface area contributed by atoms with E-state index in [0.717, 1.165) is 42.8 Å². The van der Waals surface area contributed by atoms with E-state index in [-0.39, 0.29) is 23.9 Å². The van der Waals surface area contributed by atoms with Gasteiger partial charge in [-0.15, -0.1) is 0 Å². The minimum Gasteiger partial charge on any atom is -0.384 e. The van der Waals surface area contributed by atoms with Crippen LogP contribution in [-0.2, 0) is 9.53 Å². The third-order valence-electron chi connectivity index (χ3n) is 5.29. The van der Waals surface area contributed by atoms with Gasteiger partial charge in [0.25, 0.3) is 5.91 Å². The molecule has 3 rings (SSSR count). The van der Waals surface area contributed by atoms with Gasteiger partial charge in [0.15, 0.2) is 0 Å². The van der Waals surface area contributed by atoms with Gasteiger partial charge in [-0.05, 0) is 69.9 Å². The molecule has 1 aromatic carbocycles. The van der Waals surface area contributed by atoms with Gasteiger partial charge in [0.2, 0.25) is 5.91 Å². The minimum absolute atomic E-state index is 0.00330. The maximum atomic E-state index is 12.7. The van der Waals surface area contributed by atoms with Gasteiger partial charge in [0.1, 0.15) is 0 Å². The average Bonchev–Trinajstić information content (AvgIpc) is 3.04. The number of carbonyl (C=O) groups is 2. The van der Waals surface area contributed by atoms with Crippen LogP contribution >= 0.6 is 0 Å². The highest BCUT2D eigenvalue weighted by Crippen LogP contribution is 2.20. The van der Waals surface area contributed by atoms with Crippen molar-refractivity contribution in [1.29, 1.82) is 0 Å². The summed E-state index contributed by atoms with van der Waals surface area (Å²) in [5.74, 6) is -0.0788. The largest absolute Gasteiger partial charge is 0.384 e. The molecule has 29 heavy (non-hydrogen) atoms. The number of nitrogens with zero attached hydrogens (tertiary/aromatic N) is 2. The predicted octanol–water partition coefficient (Wildman–Crippen LogP) is 2.68. The fourth-order valence-corrected chi connectivity index (χ4v) is 3.86. The molecule has 0 saturated heterocycles. The smallest absolute Gasteiger partial charge is 0.251 e. The van der Waals surface area contributed by atoms with Crippen LogP contribution in [-0.4, -0.2) is 47.4 Å². The monoisotopic (exact) mass is 398 g/mol. The van der Waals surface area contributed by atoms with Crippen molar-refractivity contribution in [3.8, 4) is 5.69 Å². The molecule has 1 aromatic heterocycles. The Morgan fingerprint density at radius 3 is 2.45 bits per heavy atom. The van der Waals surface area contributed by atoms with E-state index in [1.165, 1.54) is 0 Å². The molecular formula is C22H30N4O3. The Morgan fingerprint density at radius 1 is 1.14 bits per heavy atom. The van der Waals surface area contributed by atoms with E-state index in [0.29, 0.717) is 18.6 Å². The van der Waals surface area contributed by atoms with E-state index in [4.69, 9.17) is 4.74 Å². The summed E-state index contributed by atoms with van der Waals surface area (Å²) in [6.07, 6.45) is 3.99. The summed E-state index contributed by atoms with van der Waals surface area (Å²) in [6.45, 7) is 4.39. The van der Waals surface area contributed by atoms with Crippen molar-refractivity contribution in [3.63, 3.8) is 0 Å². The zero-order chi connectivity index (χ0) is 20.8. The van der Waals surface area contributed by atoms with Gasteiger partial charge in [0, 0.05) is 36.9 Å². The van der Waals surface area contributed by atoms with Crippen molar-refractivity contribution >= 4 is 11.8 Å². The fourth-order valence-electron chi connectivity index (χ4n) is 3.86. The lowest BCUT2D eigenvalue weighted by atomic mass is 9.90. The number of hydrogen-bond donors (Lipinski definition) is 2. The zero-order valence-electron chi connectivity index (χ0n) is 17.4. The Morgan fingerprint density at radius 2 is 1.83 bits per heavy atom. The molecule has 0 spiro atoms. The maximum absolute atomic E-state index is 12.7. The molecule has 0 bridgehead atoms. The summed E-state index contributed by atoms with van der Waals surface area (Å²) in [5, 5.41) is 10.6. The maximum Gasteiger partial charge on any atom is 0.251 e. The van der Waals surface area contributed by atoms with Crippen LogP contribution in [0, 0.1) is 13.8 Å². The molecule has 1 saturated carbocycles. The van der Waals surface area contributed by atoms with Crippen LogP contribution in [0.1, 0.15) is 53.8 Å². The topological polar surface area (TPSA) is 85.3 Å². The number of rotatable bonds is 7. The summed E-state index contributed by atoms with van der Waals surface area (Å²) >= 11 is 0. The van der Waals surface area contributed by atoms with E-state index in [1.807, 2.05) is 48.9 Å². The summed E-state index contributed by atoms with van der Waals surface area (Å²) < 4.78 is 6.82. The SMILES string of the molecule is COCCC(=O)N[C@@H]1CCC[C@@H](NC(=O)c2ccc(-n3nc(C)cc3C)cc2)C1. The molecule has 7 heteroatoms. The molecule has 0 unspecified atom stereocenters. The number of carbonyl (C=O) groups excluding carboxylic acids is 2. The number of nitrogens with one attached hydrogen (secondary N) is 2. The third-order valence-corrected chi connectivity index (χ3v) is 5.29.